The fourth-order valence-electron chi connectivity index (χ4n) is 0.858. The van der Waals surface area contributed by atoms with Crippen LogP contribution in [0.25, 0.3) is 6.08 Å². The van der Waals surface area contributed by atoms with Crippen LogP contribution in [0.15, 0.2) is 30.3 Å². The van der Waals surface area contributed by atoms with Crippen molar-refractivity contribution in [1.82, 2.24) is 0 Å². The van der Waals surface area contributed by atoms with E-state index < -0.39 is 12.1 Å². The fraction of sp³-hybridized carbons (Fsp3) is 0.100. The van der Waals surface area contributed by atoms with Crippen LogP contribution in [0.4, 0.5) is 0 Å². The average molecular weight is 213 g/mol. The van der Waals surface area contributed by atoms with Gasteiger partial charge in [-0.3, -0.25) is 0 Å². The maximum absolute atomic E-state index is 10.3. The third-order valence-electron chi connectivity index (χ3n) is 1.59. The summed E-state index contributed by atoms with van der Waals surface area (Å²) in [6.45, 7) is 0. The predicted molar refractivity (Wildman–Crippen MR) is 54.1 cm³/mol. The largest absolute Gasteiger partial charge is 0.479 e. The Balaban J connectivity index is 2.69. The second-order valence-electron chi connectivity index (χ2n) is 2.69. The highest BCUT2D eigenvalue weighted by Gasteiger charge is 2.06. The number of hydrogen-bond donors (Lipinski definition) is 2. The molecule has 0 saturated heterocycles. The Morgan fingerprint density at radius 3 is 2.43 bits per heavy atom. The molecule has 3 nitrogen and oxygen atoms in total. The predicted octanol–water partition coefficient (Wildman–Crippen LogP) is 1.80. The summed E-state index contributed by atoms with van der Waals surface area (Å²) in [6, 6.07) is 6.84. The van der Waals surface area contributed by atoms with Gasteiger partial charge in [-0.1, -0.05) is 29.8 Å². The second kappa shape index (κ2) is 4.79. The van der Waals surface area contributed by atoms with Gasteiger partial charge in [0.25, 0.3) is 0 Å². The first-order chi connectivity index (χ1) is 6.59. The molecule has 0 spiro atoms. The lowest BCUT2D eigenvalue weighted by Crippen LogP contribution is -2.15. The van der Waals surface area contributed by atoms with Crippen molar-refractivity contribution < 1.29 is 15.0 Å². The molecule has 2 N–H and O–H groups in total. The van der Waals surface area contributed by atoms with E-state index in [0.717, 1.165) is 5.56 Å². The zero-order chi connectivity index (χ0) is 10.6. The number of rotatable bonds is 3. The van der Waals surface area contributed by atoms with Crippen molar-refractivity contribution in [3.63, 3.8) is 0 Å². The number of aliphatic hydroxyl groups excluding tert-OH is 1. The van der Waals surface area contributed by atoms with Crippen molar-refractivity contribution in [3.8, 4) is 0 Å². The van der Waals surface area contributed by atoms with Crippen LogP contribution in [-0.4, -0.2) is 22.3 Å². The van der Waals surface area contributed by atoms with Gasteiger partial charge in [0.15, 0.2) is 6.10 Å². The molecule has 1 aromatic carbocycles. The third-order valence-corrected chi connectivity index (χ3v) is 1.85. The van der Waals surface area contributed by atoms with E-state index in [9.17, 15) is 4.79 Å². The molecule has 0 radical (unpaired) electrons. The molecular weight excluding hydrogens is 204 g/mol. The van der Waals surface area contributed by atoms with Gasteiger partial charge in [-0.25, -0.2) is 4.79 Å². The number of carboxylic acid groups (broad SMARTS) is 1. The molecule has 0 aliphatic carbocycles. The first-order valence-corrected chi connectivity index (χ1v) is 4.32. The van der Waals surface area contributed by atoms with Gasteiger partial charge in [0.1, 0.15) is 0 Å². The number of benzene rings is 1. The lowest BCUT2D eigenvalue weighted by molar-refractivity contribution is -0.143. The van der Waals surface area contributed by atoms with E-state index in [2.05, 4.69) is 0 Å². The summed E-state index contributed by atoms with van der Waals surface area (Å²) in [7, 11) is 0. The second-order valence-corrected chi connectivity index (χ2v) is 3.13. The zero-order valence-corrected chi connectivity index (χ0v) is 7.98. The van der Waals surface area contributed by atoms with Crippen molar-refractivity contribution in [2.45, 2.75) is 6.10 Å². The van der Waals surface area contributed by atoms with Gasteiger partial charge in [0.05, 0.1) is 0 Å². The molecule has 4 heteroatoms. The molecule has 0 heterocycles. The fourth-order valence-corrected chi connectivity index (χ4v) is 0.984. The van der Waals surface area contributed by atoms with E-state index in [1.165, 1.54) is 12.2 Å². The van der Waals surface area contributed by atoms with E-state index in [0.29, 0.717) is 5.02 Å². The van der Waals surface area contributed by atoms with Gasteiger partial charge in [-0.05, 0) is 23.8 Å². The molecule has 0 amide bonds. The lowest BCUT2D eigenvalue weighted by Gasteiger charge is -1.97. The van der Waals surface area contributed by atoms with Crippen LogP contribution < -0.4 is 0 Å². The van der Waals surface area contributed by atoms with Crippen molar-refractivity contribution in [2.75, 3.05) is 0 Å². The Hall–Kier alpha value is -1.32. The van der Waals surface area contributed by atoms with E-state index in [-0.39, 0.29) is 0 Å². The van der Waals surface area contributed by atoms with Gasteiger partial charge in [-0.2, -0.15) is 0 Å². The summed E-state index contributed by atoms with van der Waals surface area (Å²) in [5.74, 6) is -1.27. The third kappa shape index (κ3) is 3.20. The van der Waals surface area contributed by atoms with Crippen LogP contribution in [0.1, 0.15) is 5.56 Å². The van der Waals surface area contributed by atoms with Crippen LogP contribution >= 0.6 is 11.6 Å². The molecule has 1 atom stereocenters. The van der Waals surface area contributed by atoms with E-state index in [4.69, 9.17) is 21.8 Å². The Morgan fingerprint density at radius 1 is 1.36 bits per heavy atom. The quantitative estimate of drug-likeness (QED) is 0.803. The van der Waals surface area contributed by atoms with E-state index >= 15 is 0 Å². The molecule has 0 aliphatic rings. The number of aliphatic carboxylic acids is 1. The smallest absolute Gasteiger partial charge is 0.336 e. The highest BCUT2D eigenvalue weighted by Crippen LogP contribution is 2.10. The van der Waals surface area contributed by atoms with Crippen LogP contribution in [0.2, 0.25) is 5.02 Å². The minimum absolute atomic E-state index is 0.612. The molecule has 0 aromatic heterocycles. The number of hydrogen-bond acceptors (Lipinski definition) is 2. The first kappa shape index (κ1) is 10.8. The van der Waals surface area contributed by atoms with Gasteiger partial charge in [-0.15, -0.1) is 0 Å². The van der Waals surface area contributed by atoms with Crippen LogP contribution in [-0.2, 0) is 4.79 Å². The zero-order valence-electron chi connectivity index (χ0n) is 7.22. The van der Waals surface area contributed by atoms with Gasteiger partial charge < -0.3 is 10.2 Å². The molecule has 74 valence electrons. The summed E-state index contributed by atoms with van der Waals surface area (Å²) < 4.78 is 0. The minimum atomic E-state index is -1.47. The van der Waals surface area contributed by atoms with Crippen LogP contribution in [0.5, 0.6) is 0 Å². The molecule has 0 bridgehead atoms. The molecule has 14 heavy (non-hydrogen) atoms. The van der Waals surface area contributed by atoms with Crippen molar-refractivity contribution in [3.05, 3.63) is 40.9 Å². The summed E-state index contributed by atoms with van der Waals surface area (Å²) in [5.41, 5.74) is 0.787. The summed E-state index contributed by atoms with van der Waals surface area (Å²) in [6.07, 6.45) is 1.26. The number of carbonyl (C=O) groups is 1. The standard InChI is InChI=1S/C10H9ClO3/c11-8-4-1-7(2-5-8)3-6-9(12)10(13)14/h1-6,9,12H,(H,13,14)/b6-3+. The number of aliphatic hydroxyl groups is 1. The topological polar surface area (TPSA) is 57.5 Å². The summed E-state index contributed by atoms with van der Waals surface area (Å²) in [5, 5.41) is 17.9. The van der Waals surface area contributed by atoms with Crippen molar-refractivity contribution >= 4 is 23.6 Å². The Bertz CT molecular complexity index is 343. The van der Waals surface area contributed by atoms with Crippen LogP contribution in [0, 0.1) is 0 Å². The molecule has 1 aromatic rings. The maximum atomic E-state index is 10.3. The molecule has 0 fully saturated rings. The van der Waals surface area contributed by atoms with Gasteiger partial charge in [0, 0.05) is 5.02 Å². The molecule has 1 unspecified atom stereocenters. The average Bonchev–Trinajstić information content (AvgIpc) is 2.16. The molecular formula is C10H9ClO3. The molecule has 0 aliphatic heterocycles. The van der Waals surface area contributed by atoms with E-state index in [1.54, 1.807) is 24.3 Å². The summed E-state index contributed by atoms with van der Waals surface area (Å²) >= 11 is 5.66. The summed E-state index contributed by atoms with van der Waals surface area (Å²) in [4.78, 5) is 10.3. The highest BCUT2D eigenvalue weighted by atomic mass is 35.5. The maximum Gasteiger partial charge on any atom is 0.336 e. The lowest BCUT2D eigenvalue weighted by atomic mass is 10.2. The first-order valence-electron chi connectivity index (χ1n) is 3.94. The molecule has 0 saturated carbocycles. The SMILES string of the molecule is O=C(O)C(O)/C=C/c1ccc(Cl)cc1. The van der Waals surface area contributed by atoms with Gasteiger partial charge >= 0.3 is 5.97 Å². The Labute approximate surface area is 86.3 Å². The minimum Gasteiger partial charge on any atom is -0.479 e. The monoisotopic (exact) mass is 212 g/mol. The highest BCUT2D eigenvalue weighted by molar-refractivity contribution is 6.30. The number of carboxylic acids is 1. The van der Waals surface area contributed by atoms with Crippen molar-refractivity contribution in [1.29, 1.82) is 0 Å². The van der Waals surface area contributed by atoms with Crippen molar-refractivity contribution in [2.24, 2.45) is 0 Å². The Kier molecular flexibility index (Phi) is 3.68. The molecule has 1 rings (SSSR count). The normalized spacial score (nSPS) is 13.0. The van der Waals surface area contributed by atoms with E-state index in [1.807, 2.05) is 0 Å². The Morgan fingerprint density at radius 2 is 1.93 bits per heavy atom. The number of halogens is 1. The van der Waals surface area contributed by atoms with Crippen LogP contribution in [0.3, 0.4) is 0 Å². The van der Waals surface area contributed by atoms with Gasteiger partial charge in [0.2, 0.25) is 0 Å².